The molecule has 4 rings (SSSR count). The molecular formula is C22H16BrN3O3. The van der Waals surface area contributed by atoms with Crippen molar-refractivity contribution in [1.29, 1.82) is 0 Å². The van der Waals surface area contributed by atoms with Crippen molar-refractivity contribution < 1.29 is 14.4 Å². The number of barbiturate groups is 1. The maximum Gasteiger partial charge on any atom is 0.335 e. The van der Waals surface area contributed by atoms with E-state index in [1.54, 1.807) is 30.3 Å². The number of urea groups is 1. The quantitative estimate of drug-likeness (QED) is 0.480. The largest absolute Gasteiger partial charge is 0.335 e. The second kappa shape index (κ2) is 7.52. The van der Waals surface area contributed by atoms with Crippen molar-refractivity contribution >= 4 is 45.5 Å². The molecule has 1 N–H and O–H groups in total. The van der Waals surface area contributed by atoms with Gasteiger partial charge in [-0.05, 0) is 61.5 Å². The zero-order valence-corrected chi connectivity index (χ0v) is 17.0. The first-order valence-electron chi connectivity index (χ1n) is 8.85. The summed E-state index contributed by atoms with van der Waals surface area (Å²) in [4.78, 5) is 38.7. The van der Waals surface area contributed by atoms with E-state index >= 15 is 0 Å². The van der Waals surface area contributed by atoms with Crippen LogP contribution in [-0.2, 0) is 9.59 Å². The fraction of sp³-hybridized carbons (Fsp3) is 0.0455. The first kappa shape index (κ1) is 18.9. The highest BCUT2D eigenvalue weighted by Crippen LogP contribution is 2.24. The number of halogens is 1. The summed E-state index contributed by atoms with van der Waals surface area (Å²) in [5.74, 6) is -1.38. The number of anilines is 1. The fourth-order valence-electron chi connectivity index (χ4n) is 3.08. The first-order chi connectivity index (χ1) is 13.9. The molecule has 144 valence electrons. The molecule has 1 aromatic heterocycles. The molecule has 1 saturated heterocycles. The highest BCUT2D eigenvalue weighted by Gasteiger charge is 2.36. The van der Waals surface area contributed by atoms with Gasteiger partial charge >= 0.3 is 6.03 Å². The smallest absolute Gasteiger partial charge is 0.317 e. The van der Waals surface area contributed by atoms with Gasteiger partial charge in [-0.25, -0.2) is 9.69 Å². The predicted molar refractivity (Wildman–Crippen MR) is 114 cm³/mol. The van der Waals surface area contributed by atoms with Crippen molar-refractivity contribution in [3.8, 4) is 5.69 Å². The Morgan fingerprint density at radius 1 is 0.897 bits per heavy atom. The third kappa shape index (κ3) is 3.64. The molecule has 0 spiro atoms. The average molecular weight is 450 g/mol. The molecule has 1 aliphatic heterocycles. The summed E-state index contributed by atoms with van der Waals surface area (Å²) < 4.78 is 2.80. The third-order valence-corrected chi connectivity index (χ3v) is 5.10. The van der Waals surface area contributed by atoms with Crippen molar-refractivity contribution in [2.24, 2.45) is 0 Å². The molecule has 1 fully saturated rings. The first-order valence-corrected chi connectivity index (χ1v) is 9.65. The monoisotopic (exact) mass is 449 g/mol. The molecule has 4 amide bonds. The van der Waals surface area contributed by atoms with Crippen LogP contribution < -0.4 is 10.2 Å². The van der Waals surface area contributed by atoms with E-state index in [0.29, 0.717) is 11.4 Å². The Bertz CT molecular complexity index is 1140. The molecule has 29 heavy (non-hydrogen) atoms. The topological polar surface area (TPSA) is 71.4 Å². The van der Waals surface area contributed by atoms with E-state index in [1.165, 1.54) is 6.08 Å². The van der Waals surface area contributed by atoms with Crippen LogP contribution in [0.3, 0.4) is 0 Å². The van der Waals surface area contributed by atoms with E-state index in [9.17, 15) is 14.4 Å². The minimum absolute atomic E-state index is 0.109. The Labute approximate surface area is 175 Å². The van der Waals surface area contributed by atoms with Crippen LogP contribution in [0.1, 0.15) is 11.3 Å². The van der Waals surface area contributed by atoms with Crippen LogP contribution in [0.15, 0.2) is 76.9 Å². The maximum absolute atomic E-state index is 13.0. The number of amides is 4. The van der Waals surface area contributed by atoms with E-state index in [-0.39, 0.29) is 5.57 Å². The number of carbonyl (C=O) groups is 3. The Kier molecular flexibility index (Phi) is 4.90. The van der Waals surface area contributed by atoms with Crippen LogP contribution in [0, 0.1) is 6.92 Å². The molecule has 0 aliphatic carbocycles. The molecule has 0 saturated carbocycles. The van der Waals surface area contributed by atoms with Gasteiger partial charge < -0.3 is 4.57 Å². The number of rotatable bonds is 3. The number of aryl methyl sites for hydroxylation is 1. The van der Waals surface area contributed by atoms with Crippen molar-refractivity contribution in [2.75, 3.05) is 4.90 Å². The van der Waals surface area contributed by atoms with E-state index in [4.69, 9.17) is 0 Å². The zero-order chi connectivity index (χ0) is 20.5. The fourth-order valence-corrected chi connectivity index (χ4v) is 3.35. The summed E-state index contributed by atoms with van der Waals surface area (Å²) in [6.07, 6.45) is 3.33. The van der Waals surface area contributed by atoms with Crippen LogP contribution in [0.5, 0.6) is 0 Å². The predicted octanol–water partition coefficient (Wildman–Crippen LogP) is 4.21. The van der Waals surface area contributed by atoms with Gasteiger partial charge in [0.1, 0.15) is 5.57 Å². The van der Waals surface area contributed by atoms with Crippen molar-refractivity contribution in [3.63, 3.8) is 0 Å². The van der Waals surface area contributed by atoms with Crippen molar-refractivity contribution in [1.82, 2.24) is 9.88 Å². The summed E-state index contributed by atoms with van der Waals surface area (Å²) in [6, 6.07) is 17.4. The lowest BCUT2D eigenvalue weighted by atomic mass is 10.1. The second-order valence-electron chi connectivity index (χ2n) is 6.57. The van der Waals surface area contributed by atoms with Crippen LogP contribution >= 0.6 is 15.9 Å². The molecule has 0 radical (unpaired) electrons. The lowest BCUT2D eigenvalue weighted by Crippen LogP contribution is -2.54. The highest BCUT2D eigenvalue weighted by atomic mass is 79.9. The molecule has 7 heteroatoms. The summed E-state index contributed by atoms with van der Waals surface area (Å²) in [5.41, 5.74) is 2.81. The number of imide groups is 2. The number of nitrogens with one attached hydrogen (secondary N) is 1. The van der Waals surface area contributed by atoms with E-state index in [1.807, 2.05) is 48.0 Å². The number of aromatic nitrogens is 1. The lowest BCUT2D eigenvalue weighted by molar-refractivity contribution is -0.122. The van der Waals surface area contributed by atoms with Crippen molar-refractivity contribution in [2.45, 2.75) is 6.92 Å². The molecule has 0 unspecified atom stereocenters. The van der Waals surface area contributed by atoms with Gasteiger partial charge in [0.05, 0.1) is 5.69 Å². The van der Waals surface area contributed by atoms with Gasteiger partial charge in [-0.3, -0.25) is 14.9 Å². The second-order valence-corrected chi connectivity index (χ2v) is 7.49. The summed E-state index contributed by atoms with van der Waals surface area (Å²) in [6.45, 7) is 1.91. The van der Waals surface area contributed by atoms with Gasteiger partial charge in [-0.2, -0.15) is 0 Å². The maximum atomic E-state index is 13.0. The third-order valence-electron chi connectivity index (χ3n) is 4.57. The van der Waals surface area contributed by atoms with Crippen molar-refractivity contribution in [3.05, 3.63) is 88.2 Å². The summed E-state index contributed by atoms with van der Waals surface area (Å²) >= 11 is 3.41. The average Bonchev–Trinajstić information content (AvgIpc) is 3.15. The number of benzene rings is 2. The van der Waals surface area contributed by atoms with E-state index in [0.717, 1.165) is 20.6 Å². The van der Waals surface area contributed by atoms with Gasteiger partial charge in [0.15, 0.2) is 0 Å². The Balaban J connectivity index is 1.73. The zero-order valence-electron chi connectivity index (χ0n) is 15.4. The number of carbonyl (C=O) groups excluding carboxylic acids is 3. The highest BCUT2D eigenvalue weighted by molar-refractivity contribution is 9.10. The number of hydrogen-bond acceptors (Lipinski definition) is 3. The number of nitrogens with zero attached hydrogens (tertiary/aromatic N) is 2. The van der Waals surface area contributed by atoms with Crippen LogP contribution in [0.2, 0.25) is 0 Å². The SMILES string of the molecule is Cc1ccc(N2C(=O)NC(=O)/C(=C/c3cccn3-c3ccc(Br)cc3)C2=O)cc1. The molecular weight excluding hydrogens is 434 g/mol. The van der Waals surface area contributed by atoms with Gasteiger partial charge in [0.2, 0.25) is 0 Å². The Morgan fingerprint density at radius 3 is 2.24 bits per heavy atom. The normalized spacial score (nSPS) is 15.7. The molecule has 3 aromatic rings. The van der Waals surface area contributed by atoms with Gasteiger partial charge in [0.25, 0.3) is 11.8 Å². The van der Waals surface area contributed by atoms with Gasteiger partial charge in [0, 0.05) is 22.1 Å². The standard InChI is InChI=1S/C22H16BrN3O3/c1-14-4-8-17(9-5-14)26-21(28)19(20(27)24-22(26)29)13-18-3-2-12-25(18)16-10-6-15(23)7-11-16/h2-13H,1H3,(H,24,27,29)/b19-13-. The van der Waals surface area contributed by atoms with Crippen LogP contribution in [0.25, 0.3) is 11.8 Å². The Morgan fingerprint density at radius 2 is 1.55 bits per heavy atom. The molecule has 2 aromatic carbocycles. The minimum Gasteiger partial charge on any atom is -0.317 e. The Hall–Kier alpha value is -3.45. The lowest BCUT2D eigenvalue weighted by Gasteiger charge is -2.26. The van der Waals surface area contributed by atoms with Gasteiger partial charge in [-0.1, -0.05) is 33.6 Å². The van der Waals surface area contributed by atoms with Crippen LogP contribution in [-0.4, -0.2) is 22.4 Å². The summed E-state index contributed by atoms with van der Waals surface area (Å²) in [7, 11) is 0. The van der Waals surface area contributed by atoms with Gasteiger partial charge in [-0.15, -0.1) is 0 Å². The van der Waals surface area contributed by atoms with E-state index < -0.39 is 17.8 Å². The van der Waals surface area contributed by atoms with Crippen LogP contribution in [0.4, 0.5) is 10.5 Å². The molecule has 0 bridgehead atoms. The summed E-state index contributed by atoms with van der Waals surface area (Å²) in [5, 5.41) is 2.25. The minimum atomic E-state index is -0.760. The molecule has 6 nitrogen and oxygen atoms in total. The van der Waals surface area contributed by atoms with E-state index in [2.05, 4.69) is 21.2 Å². The number of hydrogen-bond donors (Lipinski definition) is 1. The molecule has 1 aliphatic rings. The molecule has 2 heterocycles. The molecule has 0 atom stereocenters.